The van der Waals surface area contributed by atoms with Crippen molar-refractivity contribution in [2.24, 2.45) is 5.92 Å². The lowest BCUT2D eigenvalue weighted by Gasteiger charge is -2.23. The van der Waals surface area contributed by atoms with E-state index in [-0.39, 0.29) is 18.1 Å². The van der Waals surface area contributed by atoms with Gasteiger partial charge in [-0.3, -0.25) is 9.59 Å². The number of carbonyl (C=O) groups is 3. The maximum atomic E-state index is 12.1. The number of Topliss-reactive ketones (excluding diaryl/α,β-unsaturated/α-hetero) is 1. The van der Waals surface area contributed by atoms with Crippen LogP contribution in [-0.2, 0) is 20.9 Å². The molecule has 7 heteroatoms. The van der Waals surface area contributed by atoms with Gasteiger partial charge in [0.25, 0.3) is 0 Å². The van der Waals surface area contributed by atoms with Gasteiger partial charge in [0.1, 0.15) is 0 Å². The molecule has 7 nitrogen and oxygen atoms in total. The van der Waals surface area contributed by atoms with E-state index in [1.807, 2.05) is 21.1 Å². The molecule has 0 aliphatic heterocycles. The predicted molar refractivity (Wildman–Crippen MR) is 130 cm³/mol. The Labute approximate surface area is 198 Å². The maximum absolute atomic E-state index is 12.1. The van der Waals surface area contributed by atoms with Crippen molar-refractivity contribution in [2.75, 3.05) is 34.8 Å². The van der Waals surface area contributed by atoms with Crippen molar-refractivity contribution in [3.8, 4) is 11.5 Å². The number of allylic oxidation sites excluding steroid dienone is 2. The van der Waals surface area contributed by atoms with Crippen molar-refractivity contribution in [3.63, 3.8) is 0 Å². The summed E-state index contributed by atoms with van der Waals surface area (Å²) in [4.78, 5) is 36.3. The summed E-state index contributed by atoms with van der Waals surface area (Å²) in [6.07, 6.45) is 8.41. The van der Waals surface area contributed by atoms with Gasteiger partial charge in [-0.1, -0.05) is 32.1 Å². The molecule has 0 atom stereocenters. The van der Waals surface area contributed by atoms with Crippen molar-refractivity contribution in [1.82, 2.24) is 5.32 Å². The second-order valence-electron chi connectivity index (χ2n) is 9.61. The molecule has 184 valence electrons. The largest absolute Gasteiger partial charge is 0.493 e. The van der Waals surface area contributed by atoms with Gasteiger partial charge in [0.15, 0.2) is 11.5 Å². The number of hydrogen-bond donors (Lipinski definition) is 1. The topological polar surface area (TPSA) is 81.7 Å². The summed E-state index contributed by atoms with van der Waals surface area (Å²) < 4.78 is 11.3. The quantitative estimate of drug-likeness (QED) is 0.106. The number of ether oxygens (including phenoxy) is 2. The van der Waals surface area contributed by atoms with E-state index in [2.05, 4.69) is 31.3 Å². The Kier molecular flexibility index (Phi) is 12.4. The van der Waals surface area contributed by atoms with Gasteiger partial charge in [-0.15, -0.1) is 0 Å². The number of esters is 1. The molecule has 0 heterocycles. The lowest BCUT2D eigenvalue weighted by atomic mass is 10.1. The first-order chi connectivity index (χ1) is 15.5. The van der Waals surface area contributed by atoms with Crippen molar-refractivity contribution < 1.29 is 28.3 Å². The molecule has 1 aromatic rings. The number of nitrogens with one attached hydrogen (secondary N) is 1. The minimum absolute atomic E-state index is 0.00298. The number of methoxy groups -OCH3 is 1. The van der Waals surface area contributed by atoms with Crippen LogP contribution >= 0.6 is 0 Å². The zero-order valence-electron chi connectivity index (χ0n) is 21.1. The summed E-state index contributed by atoms with van der Waals surface area (Å²) in [6.45, 7) is 5.42. The maximum Gasteiger partial charge on any atom is 0.380 e. The van der Waals surface area contributed by atoms with E-state index in [0.717, 1.165) is 35.9 Å². The normalized spacial score (nSPS) is 11.6. The molecule has 0 aliphatic rings. The van der Waals surface area contributed by atoms with Crippen molar-refractivity contribution in [1.29, 1.82) is 0 Å². The Morgan fingerprint density at radius 2 is 1.76 bits per heavy atom. The van der Waals surface area contributed by atoms with Crippen LogP contribution in [0.4, 0.5) is 0 Å². The first kappa shape index (κ1) is 28.4. The van der Waals surface area contributed by atoms with E-state index in [9.17, 15) is 14.4 Å². The molecule has 0 saturated carbocycles. The molecule has 0 unspecified atom stereocenters. The van der Waals surface area contributed by atoms with Gasteiger partial charge in [0.05, 0.1) is 34.8 Å². The number of rotatable bonds is 15. The molecule has 0 saturated heterocycles. The van der Waals surface area contributed by atoms with E-state index in [4.69, 9.17) is 9.47 Å². The highest BCUT2D eigenvalue weighted by Crippen LogP contribution is 2.28. The first-order valence-corrected chi connectivity index (χ1v) is 11.7. The lowest BCUT2D eigenvalue weighted by Crippen LogP contribution is -2.35. The molecule has 0 fully saturated rings. The number of nitrogens with zero attached hydrogens (tertiary/aromatic N) is 1. The average molecular weight is 462 g/mol. The number of quaternary nitrogens is 1. The monoisotopic (exact) mass is 461 g/mol. The van der Waals surface area contributed by atoms with E-state index < -0.39 is 11.8 Å². The fourth-order valence-corrected chi connectivity index (χ4v) is 3.08. The molecule has 1 aromatic carbocycles. The number of hydrogen-bond acceptors (Lipinski definition) is 5. The smallest absolute Gasteiger partial charge is 0.380 e. The molecule has 0 bridgehead atoms. The number of amides is 1. The van der Waals surface area contributed by atoms with Crippen LogP contribution in [0.15, 0.2) is 30.4 Å². The molecule has 0 aromatic heterocycles. The summed E-state index contributed by atoms with van der Waals surface area (Å²) in [5, 5.41) is 2.90. The number of ketones is 1. The number of benzene rings is 1. The average Bonchev–Trinajstić information content (AvgIpc) is 2.74. The fraction of sp³-hybridized carbons (Fsp3) is 0.577. The van der Waals surface area contributed by atoms with Gasteiger partial charge >= 0.3 is 5.97 Å². The molecule has 0 spiro atoms. The van der Waals surface area contributed by atoms with Crippen LogP contribution in [0.2, 0.25) is 0 Å². The number of unbranched alkanes of at least 4 members (excludes halogenated alkanes) is 2. The predicted octanol–water partition coefficient (Wildman–Crippen LogP) is 4.04. The highest BCUT2D eigenvalue weighted by Gasteiger charge is 2.20. The molecule has 1 rings (SSSR count). The fourth-order valence-electron chi connectivity index (χ4n) is 3.08. The second kappa shape index (κ2) is 14.5. The zero-order valence-corrected chi connectivity index (χ0v) is 21.1. The molecular formula is C26H41N2O5+. The minimum atomic E-state index is -0.890. The Hall–Kier alpha value is -2.67. The van der Waals surface area contributed by atoms with Gasteiger partial charge in [-0.05, 0) is 42.9 Å². The van der Waals surface area contributed by atoms with Gasteiger partial charge in [-0.2, -0.15) is 0 Å². The molecular weight excluding hydrogens is 420 g/mol. The third-order valence-corrected chi connectivity index (χ3v) is 4.93. The Balaban J connectivity index is 2.48. The van der Waals surface area contributed by atoms with Crippen LogP contribution in [0.1, 0.15) is 57.9 Å². The summed E-state index contributed by atoms with van der Waals surface area (Å²) >= 11 is 0. The van der Waals surface area contributed by atoms with Gasteiger partial charge in [0, 0.05) is 25.8 Å². The van der Waals surface area contributed by atoms with E-state index in [1.54, 1.807) is 18.2 Å². The van der Waals surface area contributed by atoms with Crippen LogP contribution in [0, 0.1) is 5.92 Å². The third-order valence-electron chi connectivity index (χ3n) is 4.93. The Bertz CT molecular complexity index is 809. The molecule has 1 amide bonds. The van der Waals surface area contributed by atoms with E-state index in [0.29, 0.717) is 31.1 Å². The van der Waals surface area contributed by atoms with E-state index in [1.165, 1.54) is 7.11 Å². The van der Waals surface area contributed by atoms with Crippen molar-refractivity contribution in [3.05, 3.63) is 35.9 Å². The molecule has 33 heavy (non-hydrogen) atoms. The molecule has 0 radical (unpaired) electrons. The summed E-state index contributed by atoms with van der Waals surface area (Å²) in [5.41, 5.74) is 0.814. The van der Waals surface area contributed by atoms with Gasteiger partial charge in [-0.25, -0.2) is 4.79 Å². The summed E-state index contributed by atoms with van der Waals surface area (Å²) in [6, 6.07) is 5.02. The highest BCUT2D eigenvalue weighted by molar-refractivity contribution is 6.34. The van der Waals surface area contributed by atoms with Crippen molar-refractivity contribution in [2.45, 2.75) is 58.9 Å². The molecule has 1 N–H and O–H groups in total. The third kappa shape index (κ3) is 12.8. The summed E-state index contributed by atoms with van der Waals surface area (Å²) in [5.74, 6) is -0.367. The van der Waals surface area contributed by atoms with Gasteiger partial charge < -0.3 is 19.3 Å². The minimum Gasteiger partial charge on any atom is -0.493 e. The zero-order chi connectivity index (χ0) is 24.9. The van der Waals surface area contributed by atoms with Gasteiger partial charge in [0.2, 0.25) is 11.7 Å². The first-order valence-electron chi connectivity index (χ1n) is 11.7. The Morgan fingerprint density at radius 1 is 1.03 bits per heavy atom. The van der Waals surface area contributed by atoms with Crippen LogP contribution in [0.3, 0.4) is 0 Å². The van der Waals surface area contributed by atoms with E-state index >= 15 is 0 Å². The Morgan fingerprint density at radius 3 is 2.39 bits per heavy atom. The van der Waals surface area contributed by atoms with Crippen LogP contribution in [0.5, 0.6) is 11.5 Å². The SMILES string of the molecule is COc1cc(CNC(=O)CCCC/C=C/C(C)C)ccc1OC(=O)C(=O)CCC[N+](C)(C)C. The highest BCUT2D eigenvalue weighted by atomic mass is 16.6. The second-order valence-corrected chi connectivity index (χ2v) is 9.61. The number of carbonyl (C=O) groups excluding carboxylic acids is 3. The standard InChI is InChI=1S/C26H40N2O5/c1-20(2)12-9-7-8-10-14-25(30)27-19-21-15-16-23(24(18-21)32-6)33-26(31)22(29)13-11-17-28(3,4)5/h9,12,15-16,18,20H,7-8,10-11,13-14,17,19H2,1-6H3/p+1/b12-9+. The summed E-state index contributed by atoms with van der Waals surface area (Å²) in [7, 11) is 7.56. The van der Waals surface area contributed by atoms with Crippen molar-refractivity contribution >= 4 is 17.7 Å². The van der Waals surface area contributed by atoms with Crippen LogP contribution < -0.4 is 14.8 Å². The van der Waals surface area contributed by atoms with Crippen LogP contribution in [-0.4, -0.2) is 56.9 Å². The molecule has 0 aliphatic carbocycles. The van der Waals surface area contributed by atoms with Crippen LogP contribution in [0.25, 0.3) is 0 Å². The lowest BCUT2D eigenvalue weighted by molar-refractivity contribution is -0.870.